The normalized spacial score (nSPS) is 12.1. The van der Waals surface area contributed by atoms with E-state index in [4.69, 9.17) is 0 Å². The first-order valence-electron chi connectivity index (χ1n) is 7.42. The van der Waals surface area contributed by atoms with Crippen LogP contribution in [0.1, 0.15) is 47.1 Å². The van der Waals surface area contributed by atoms with Crippen LogP contribution >= 0.6 is 0 Å². The van der Waals surface area contributed by atoms with Gasteiger partial charge in [-0.25, -0.2) is 4.79 Å². The molecule has 0 bridgehead atoms. The molecule has 0 saturated heterocycles. The van der Waals surface area contributed by atoms with E-state index in [-0.39, 0.29) is 11.4 Å². The fourth-order valence-corrected chi connectivity index (χ4v) is 2.05. The predicted octanol–water partition coefficient (Wildman–Crippen LogP) is 3.61. The summed E-state index contributed by atoms with van der Waals surface area (Å²) < 4.78 is 0. The summed E-state index contributed by atoms with van der Waals surface area (Å²) in [6.45, 7) is 12.6. The Kier molecular flexibility index (Phi) is 5.40. The number of benzene rings is 1. The van der Waals surface area contributed by atoms with Crippen LogP contribution < -0.4 is 5.32 Å². The highest BCUT2D eigenvalue weighted by molar-refractivity contribution is 5.89. The molecule has 0 aromatic heterocycles. The van der Waals surface area contributed by atoms with Crippen LogP contribution in [0.25, 0.3) is 0 Å². The van der Waals surface area contributed by atoms with Crippen LogP contribution in [0.2, 0.25) is 0 Å². The van der Waals surface area contributed by atoms with Gasteiger partial charge >= 0.3 is 6.03 Å². The summed E-state index contributed by atoms with van der Waals surface area (Å²) in [5.74, 6) is 0. The van der Waals surface area contributed by atoms with Crippen LogP contribution in [-0.2, 0) is 5.41 Å². The van der Waals surface area contributed by atoms with Crippen LogP contribution in [0.4, 0.5) is 10.5 Å². The second-order valence-electron chi connectivity index (χ2n) is 7.08. The number of carbonyl (C=O) groups is 1. The smallest absolute Gasteiger partial charge is 0.321 e. The second-order valence-corrected chi connectivity index (χ2v) is 7.08. The van der Waals surface area contributed by atoms with E-state index < -0.39 is 5.60 Å². The predicted molar refractivity (Wildman–Crippen MR) is 87.7 cm³/mol. The van der Waals surface area contributed by atoms with Crippen LogP contribution in [-0.4, -0.2) is 34.7 Å². The molecule has 0 radical (unpaired) electrons. The Morgan fingerprint density at radius 1 is 1.14 bits per heavy atom. The van der Waals surface area contributed by atoms with Crippen LogP contribution in [0.3, 0.4) is 0 Å². The molecule has 1 rings (SSSR count). The van der Waals surface area contributed by atoms with Crippen molar-refractivity contribution < 1.29 is 9.90 Å². The van der Waals surface area contributed by atoms with Crippen molar-refractivity contribution in [2.75, 3.05) is 18.4 Å². The van der Waals surface area contributed by atoms with Gasteiger partial charge in [0.15, 0.2) is 0 Å². The van der Waals surface area contributed by atoms with Crippen molar-refractivity contribution in [3.05, 3.63) is 29.8 Å². The molecule has 21 heavy (non-hydrogen) atoms. The highest BCUT2D eigenvalue weighted by Crippen LogP contribution is 2.23. The second kappa shape index (κ2) is 6.48. The van der Waals surface area contributed by atoms with E-state index in [9.17, 15) is 9.90 Å². The summed E-state index contributed by atoms with van der Waals surface area (Å²) >= 11 is 0. The van der Waals surface area contributed by atoms with Gasteiger partial charge in [0, 0.05) is 12.2 Å². The van der Waals surface area contributed by atoms with Crippen molar-refractivity contribution in [1.29, 1.82) is 0 Å². The quantitative estimate of drug-likeness (QED) is 0.890. The number of aliphatic hydroxyl groups is 1. The number of carbonyl (C=O) groups excluding carboxylic acids is 1. The van der Waals surface area contributed by atoms with Crippen LogP contribution in [0, 0.1) is 0 Å². The molecule has 0 saturated carbocycles. The number of rotatable bonds is 4. The van der Waals surface area contributed by atoms with Gasteiger partial charge in [-0.2, -0.15) is 0 Å². The number of anilines is 1. The molecular weight excluding hydrogens is 264 g/mol. The van der Waals surface area contributed by atoms with Crippen molar-refractivity contribution in [3.8, 4) is 0 Å². The molecule has 4 heteroatoms. The first-order valence-corrected chi connectivity index (χ1v) is 7.42. The third-order valence-corrected chi connectivity index (χ3v) is 3.25. The molecule has 0 aliphatic rings. The first-order chi connectivity index (χ1) is 9.53. The average molecular weight is 292 g/mol. The molecule has 118 valence electrons. The standard InChI is InChI=1S/C17H28N2O2/c1-7-19(12-17(5,6)21)15(20)18-14-10-8-13(9-11-14)16(2,3)4/h8-11,21H,7,12H2,1-6H3,(H,18,20). The third kappa shape index (κ3) is 5.76. The Morgan fingerprint density at radius 2 is 1.67 bits per heavy atom. The van der Waals surface area contributed by atoms with Gasteiger partial charge in [-0.1, -0.05) is 32.9 Å². The fraction of sp³-hybridized carbons (Fsp3) is 0.588. The highest BCUT2D eigenvalue weighted by atomic mass is 16.3. The fourth-order valence-electron chi connectivity index (χ4n) is 2.05. The van der Waals surface area contributed by atoms with Gasteiger partial charge in [-0.05, 0) is 43.9 Å². The Bertz CT molecular complexity index is 467. The number of likely N-dealkylation sites (N-methyl/N-ethyl adjacent to an activating group) is 1. The van der Waals surface area contributed by atoms with Gasteiger partial charge in [0.2, 0.25) is 0 Å². The summed E-state index contributed by atoms with van der Waals surface area (Å²) in [5.41, 5.74) is 1.19. The van der Waals surface area contributed by atoms with Gasteiger partial charge in [0.05, 0.1) is 12.1 Å². The number of amides is 2. The lowest BCUT2D eigenvalue weighted by Crippen LogP contribution is -2.44. The topological polar surface area (TPSA) is 52.6 Å². The molecule has 1 aromatic rings. The maximum atomic E-state index is 12.2. The maximum absolute atomic E-state index is 12.2. The number of nitrogens with one attached hydrogen (secondary N) is 1. The van der Waals surface area contributed by atoms with Gasteiger partial charge < -0.3 is 15.3 Å². The van der Waals surface area contributed by atoms with E-state index in [0.717, 1.165) is 5.69 Å². The maximum Gasteiger partial charge on any atom is 0.321 e. The van der Waals surface area contributed by atoms with Crippen molar-refractivity contribution in [1.82, 2.24) is 4.90 Å². The molecule has 0 fully saturated rings. The molecule has 2 amide bonds. The summed E-state index contributed by atoms with van der Waals surface area (Å²) in [7, 11) is 0. The molecule has 0 unspecified atom stereocenters. The zero-order valence-corrected chi connectivity index (χ0v) is 14.0. The molecule has 4 nitrogen and oxygen atoms in total. The molecule has 0 aliphatic heterocycles. The number of hydrogen-bond acceptors (Lipinski definition) is 2. The molecule has 2 N–H and O–H groups in total. The molecule has 1 aromatic carbocycles. The summed E-state index contributed by atoms with van der Waals surface area (Å²) in [4.78, 5) is 13.8. The number of hydrogen-bond donors (Lipinski definition) is 2. The summed E-state index contributed by atoms with van der Waals surface area (Å²) in [5, 5.41) is 12.7. The Morgan fingerprint density at radius 3 is 2.05 bits per heavy atom. The minimum absolute atomic E-state index is 0.0961. The number of nitrogens with zero attached hydrogens (tertiary/aromatic N) is 1. The summed E-state index contributed by atoms with van der Waals surface area (Å²) in [6, 6.07) is 7.69. The molecular formula is C17H28N2O2. The van der Waals surface area contributed by atoms with Crippen LogP contribution in [0.15, 0.2) is 24.3 Å². The van der Waals surface area contributed by atoms with Gasteiger partial charge in [-0.3, -0.25) is 0 Å². The van der Waals surface area contributed by atoms with E-state index in [1.807, 2.05) is 31.2 Å². The third-order valence-electron chi connectivity index (χ3n) is 3.25. The van der Waals surface area contributed by atoms with E-state index in [1.165, 1.54) is 5.56 Å². The lowest BCUT2D eigenvalue weighted by molar-refractivity contribution is 0.0501. The lowest BCUT2D eigenvalue weighted by atomic mass is 9.87. The van der Waals surface area contributed by atoms with E-state index >= 15 is 0 Å². The molecule has 0 spiro atoms. The zero-order chi connectivity index (χ0) is 16.3. The van der Waals surface area contributed by atoms with Gasteiger partial charge in [-0.15, -0.1) is 0 Å². The highest BCUT2D eigenvalue weighted by Gasteiger charge is 2.21. The van der Waals surface area contributed by atoms with Crippen molar-refractivity contribution in [2.24, 2.45) is 0 Å². The van der Waals surface area contributed by atoms with Crippen molar-refractivity contribution in [2.45, 2.75) is 52.6 Å². The van der Waals surface area contributed by atoms with E-state index in [0.29, 0.717) is 13.1 Å². The first kappa shape index (κ1) is 17.5. The zero-order valence-electron chi connectivity index (χ0n) is 14.0. The average Bonchev–Trinajstić information content (AvgIpc) is 2.34. The van der Waals surface area contributed by atoms with Crippen molar-refractivity contribution in [3.63, 3.8) is 0 Å². The minimum Gasteiger partial charge on any atom is -0.389 e. The number of urea groups is 1. The van der Waals surface area contributed by atoms with Gasteiger partial charge in [0.25, 0.3) is 0 Å². The van der Waals surface area contributed by atoms with Crippen LogP contribution in [0.5, 0.6) is 0 Å². The molecule has 0 atom stereocenters. The van der Waals surface area contributed by atoms with Crippen molar-refractivity contribution >= 4 is 11.7 Å². The Hall–Kier alpha value is -1.55. The SMILES string of the molecule is CCN(CC(C)(C)O)C(=O)Nc1ccc(C(C)(C)C)cc1. The Labute approximate surface area is 128 Å². The Balaban J connectivity index is 2.74. The molecule has 0 aliphatic carbocycles. The van der Waals surface area contributed by atoms with Gasteiger partial charge in [0.1, 0.15) is 0 Å². The van der Waals surface area contributed by atoms with E-state index in [2.05, 4.69) is 26.1 Å². The monoisotopic (exact) mass is 292 g/mol. The lowest BCUT2D eigenvalue weighted by Gasteiger charge is -2.28. The van der Waals surface area contributed by atoms with E-state index in [1.54, 1.807) is 18.7 Å². The molecule has 0 heterocycles. The summed E-state index contributed by atoms with van der Waals surface area (Å²) in [6.07, 6.45) is 0. The minimum atomic E-state index is -0.899. The largest absolute Gasteiger partial charge is 0.389 e.